The molecule has 1 aromatic carbocycles. The van der Waals surface area contributed by atoms with Gasteiger partial charge in [-0.2, -0.15) is 0 Å². The number of likely N-dealkylation sites (tertiary alicyclic amines) is 1. The van der Waals surface area contributed by atoms with Crippen LogP contribution in [0.15, 0.2) is 23.2 Å². The second-order valence-corrected chi connectivity index (χ2v) is 5.70. The lowest BCUT2D eigenvalue weighted by Crippen LogP contribution is -2.46. The largest absolute Gasteiger partial charge is 0.505 e. The van der Waals surface area contributed by atoms with Gasteiger partial charge < -0.3 is 20.1 Å². The number of aliphatic imine (C=N–C) groups is 1. The highest BCUT2D eigenvalue weighted by atomic mass is 127. The number of piperidine rings is 1. The molecular formula is C17H25FIN3O3. The molecule has 1 aliphatic rings. The average molecular weight is 465 g/mol. The minimum Gasteiger partial charge on any atom is -0.505 e. The van der Waals surface area contributed by atoms with Gasteiger partial charge in [-0.25, -0.2) is 4.39 Å². The van der Waals surface area contributed by atoms with E-state index >= 15 is 0 Å². The SMILES string of the molecule is CCOC(=O)C1CCN(C(=NC)NCc2ccc(O)c(F)c2)CC1.I. The van der Waals surface area contributed by atoms with Crippen molar-refractivity contribution in [1.29, 1.82) is 0 Å². The Morgan fingerprint density at radius 1 is 1.44 bits per heavy atom. The molecule has 0 saturated carbocycles. The van der Waals surface area contributed by atoms with Crippen LogP contribution in [0.1, 0.15) is 25.3 Å². The molecular weight excluding hydrogens is 440 g/mol. The second kappa shape index (κ2) is 10.4. The summed E-state index contributed by atoms with van der Waals surface area (Å²) in [7, 11) is 1.69. The van der Waals surface area contributed by atoms with E-state index in [1.807, 2.05) is 6.92 Å². The Balaban J connectivity index is 0.00000312. The molecule has 0 amide bonds. The van der Waals surface area contributed by atoms with E-state index < -0.39 is 5.82 Å². The molecule has 0 bridgehead atoms. The van der Waals surface area contributed by atoms with Gasteiger partial charge in [0.2, 0.25) is 0 Å². The smallest absolute Gasteiger partial charge is 0.309 e. The van der Waals surface area contributed by atoms with E-state index in [-0.39, 0.29) is 41.6 Å². The molecule has 25 heavy (non-hydrogen) atoms. The molecule has 0 aromatic heterocycles. The average Bonchev–Trinajstić information content (AvgIpc) is 2.59. The normalized spacial score (nSPS) is 15.5. The van der Waals surface area contributed by atoms with Crippen LogP contribution >= 0.6 is 24.0 Å². The Morgan fingerprint density at radius 3 is 2.68 bits per heavy atom. The van der Waals surface area contributed by atoms with E-state index in [9.17, 15) is 14.3 Å². The van der Waals surface area contributed by atoms with E-state index in [2.05, 4.69) is 15.2 Å². The third-order valence-electron chi connectivity index (χ3n) is 4.09. The van der Waals surface area contributed by atoms with Crippen molar-refractivity contribution in [3.05, 3.63) is 29.6 Å². The lowest BCUT2D eigenvalue weighted by Gasteiger charge is -2.33. The van der Waals surface area contributed by atoms with Crippen LogP contribution in [0.5, 0.6) is 5.75 Å². The molecule has 1 saturated heterocycles. The number of rotatable bonds is 4. The minimum absolute atomic E-state index is 0. The Labute approximate surface area is 164 Å². The zero-order chi connectivity index (χ0) is 17.5. The van der Waals surface area contributed by atoms with Crippen molar-refractivity contribution in [3.63, 3.8) is 0 Å². The molecule has 0 radical (unpaired) electrons. The van der Waals surface area contributed by atoms with E-state index in [4.69, 9.17) is 4.74 Å². The third kappa shape index (κ3) is 6.02. The molecule has 0 atom stereocenters. The molecule has 6 nitrogen and oxygen atoms in total. The third-order valence-corrected chi connectivity index (χ3v) is 4.09. The maximum atomic E-state index is 13.4. The molecule has 140 valence electrons. The molecule has 1 aromatic rings. The highest BCUT2D eigenvalue weighted by Crippen LogP contribution is 2.19. The summed E-state index contributed by atoms with van der Waals surface area (Å²) in [4.78, 5) is 18.1. The summed E-state index contributed by atoms with van der Waals surface area (Å²) in [5, 5.41) is 12.4. The van der Waals surface area contributed by atoms with Crippen LogP contribution in [0, 0.1) is 11.7 Å². The number of hydrogen-bond acceptors (Lipinski definition) is 4. The Bertz CT molecular complexity index is 605. The van der Waals surface area contributed by atoms with Gasteiger partial charge in [-0.3, -0.25) is 9.79 Å². The van der Waals surface area contributed by atoms with Crippen LogP contribution in [-0.4, -0.2) is 48.7 Å². The van der Waals surface area contributed by atoms with Crippen LogP contribution in [-0.2, 0) is 16.1 Å². The predicted octanol–water partition coefficient (Wildman–Crippen LogP) is 2.50. The topological polar surface area (TPSA) is 74.2 Å². The highest BCUT2D eigenvalue weighted by Gasteiger charge is 2.27. The first-order valence-electron chi connectivity index (χ1n) is 8.14. The molecule has 0 aliphatic carbocycles. The number of esters is 1. The number of carbonyl (C=O) groups excluding carboxylic acids is 1. The highest BCUT2D eigenvalue weighted by molar-refractivity contribution is 14.0. The zero-order valence-electron chi connectivity index (χ0n) is 14.5. The zero-order valence-corrected chi connectivity index (χ0v) is 16.8. The molecule has 2 N–H and O–H groups in total. The van der Waals surface area contributed by atoms with Gasteiger partial charge in [-0.1, -0.05) is 6.07 Å². The van der Waals surface area contributed by atoms with Gasteiger partial charge in [-0.05, 0) is 37.5 Å². The lowest BCUT2D eigenvalue weighted by atomic mass is 9.97. The summed E-state index contributed by atoms with van der Waals surface area (Å²) in [5.74, 6) is -0.459. The fourth-order valence-corrected chi connectivity index (χ4v) is 2.76. The fourth-order valence-electron chi connectivity index (χ4n) is 2.76. The Morgan fingerprint density at radius 2 is 2.12 bits per heavy atom. The molecule has 1 aliphatic heterocycles. The van der Waals surface area contributed by atoms with Crippen LogP contribution in [0.3, 0.4) is 0 Å². The van der Waals surface area contributed by atoms with Crippen molar-refractivity contribution in [3.8, 4) is 5.75 Å². The van der Waals surface area contributed by atoms with Crippen molar-refractivity contribution in [2.75, 3.05) is 26.7 Å². The van der Waals surface area contributed by atoms with Gasteiger partial charge in [0.05, 0.1) is 12.5 Å². The number of ether oxygens (including phenoxy) is 1. The standard InChI is InChI=1S/C17H24FN3O3.HI/c1-3-24-16(23)13-6-8-21(9-7-13)17(19-2)20-11-12-4-5-15(22)14(18)10-12;/h4-5,10,13,22H,3,6-9,11H2,1-2H3,(H,19,20);1H. The van der Waals surface area contributed by atoms with E-state index in [1.165, 1.54) is 12.1 Å². The monoisotopic (exact) mass is 465 g/mol. The summed E-state index contributed by atoms with van der Waals surface area (Å²) in [5.41, 5.74) is 0.716. The van der Waals surface area contributed by atoms with Gasteiger partial charge in [0, 0.05) is 26.7 Å². The van der Waals surface area contributed by atoms with Gasteiger partial charge in [0.15, 0.2) is 17.5 Å². The second-order valence-electron chi connectivity index (χ2n) is 5.70. The summed E-state index contributed by atoms with van der Waals surface area (Å²) in [6.07, 6.45) is 1.46. The Hall–Kier alpha value is -1.58. The van der Waals surface area contributed by atoms with Crippen molar-refractivity contribution >= 4 is 35.9 Å². The summed E-state index contributed by atoms with van der Waals surface area (Å²) < 4.78 is 18.4. The van der Waals surface area contributed by atoms with Crippen LogP contribution in [0.25, 0.3) is 0 Å². The first-order valence-corrected chi connectivity index (χ1v) is 8.14. The van der Waals surface area contributed by atoms with Crippen molar-refractivity contribution in [1.82, 2.24) is 10.2 Å². The Kier molecular flexibility index (Phi) is 8.95. The van der Waals surface area contributed by atoms with Crippen molar-refractivity contribution in [2.45, 2.75) is 26.3 Å². The molecule has 0 unspecified atom stereocenters. The number of phenols is 1. The quantitative estimate of drug-likeness (QED) is 0.310. The number of aromatic hydroxyl groups is 1. The van der Waals surface area contributed by atoms with Crippen LogP contribution < -0.4 is 5.32 Å². The number of phenolic OH excluding ortho intramolecular Hbond substituents is 1. The first kappa shape index (κ1) is 21.5. The number of benzene rings is 1. The van der Waals surface area contributed by atoms with Gasteiger partial charge in [-0.15, -0.1) is 24.0 Å². The summed E-state index contributed by atoms with van der Waals surface area (Å²) >= 11 is 0. The van der Waals surface area contributed by atoms with E-state index in [1.54, 1.807) is 13.1 Å². The number of halogens is 2. The van der Waals surface area contributed by atoms with Gasteiger partial charge >= 0.3 is 5.97 Å². The summed E-state index contributed by atoms with van der Waals surface area (Å²) in [6.45, 7) is 4.05. The molecule has 0 spiro atoms. The predicted molar refractivity (Wildman–Crippen MR) is 105 cm³/mol. The maximum Gasteiger partial charge on any atom is 0.309 e. The van der Waals surface area contributed by atoms with Gasteiger partial charge in [0.25, 0.3) is 0 Å². The number of carbonyl (C=O) groups is 1. The number of hydrogen-bond donors (Lipinski definition) is 2. The molecule has 1 fully saturated rings. The van der Waals surface area contributed by atoms with Crippen LogP contribution in [0.2, 0.25) is 0 Å². The maximum absolute atomic E-state index is 13.4. The molecule has 2 rings (SSSR count). The van der Waals surface area contributed by atoms with E-state index in [0.717, 1.165) is 12.8 Å². The number of guanidine groups is 1. The van der Waals surface area contributed by atoms with E-state index in [0.29, 0.717) is 37.8 Å². The molecule has 8 heteroatoms. The number of nitrogens with one attached hydrogen (secondary N) is 1. The molecule has 1 heterocycles. The summed E-state index contributed by atoms with van der Waals surface area (Å²) in [6, 6.07) is 4.29. The number of nitrogens with zero attached hydrogens (tertiary/aromatic N) is 2. The lowest BCUT2D eigenvalue weighted by molar-refractivity contribution is -0.149. The fraction of sp³-hybridized carbons (Fsp3) is 0.529. The van der Waals surface area contributed by atoms with Gasteiger partial charge in [0.1, 0.15) is 0 Å². The van der Waals surface area contributed by atoms with Crippen molar-refractivity contribution < 1.29 is 19.0 Å². The minimum atomic E-state index is -0.639. The van der Waals surface area contributed by atoms with Crippen LogP contribution in [0.4, 0.5) is 4.39 Å². The first-order chi connectivity index (χ1) is 11.5. The van der Waals surface area contributed by atoms with Crippen molar-refractivity contribution in [2.24, 2.45) is 10.9 Å².